The second-order valence-corrected chi connectivity index (χ2v) is 9.23. The van der Waals surface area contributed by atoms with Gasteiger partial charge >= 0.3 is 0 Å². The molecule has 124 valence electrons. The Kier molecular flexibility index (Phi) is 5.09. The van der Waals surface area contributed by atoms with E-state index in [1.165, 1.54) is 25.8 Å². The third kappa shape index (κ3) is 4.07. The fourth-order valence-corrected chi connectivity index (χ4v) is 4.42. The first-order valence-corrected chi connectivity index (χ1v) is 9.62. The largest absolute Gasteiger partial charge is 0.325 e. The van der Waals surface area contributed by atoms with E-state index in [0.717, 1.165) is 5.01 Å². The number of nitrogens with zero attached hydrogens (tertiary/aromatic N) is 1. The number of nitrogens with two attached hydrogens (primary N) is 1. The maximum atomic E-state index is 5.68. The second kappa shape index (κ2) is 7.09. The molecule has 2 N–H and O–H groups in total. The Labute approximate surface area is 152 Å². The fourth-order valence-electron chi connectivity index (χ4n) is 2.44. The maximum absolute atomic E-state index is 5.68. The van der Waals surface area contributed by atoms with Crippen LogP contribution in [0, 0.1) is 0 Å². The van der Waals surface area contributed by atoms with Crippen LogP contribution in [0.1, 0.15) is 31.3 Å². The lowest BCUT2D eigenvalue weighted by molar-refractivity contribution is 0.589. The predicted octanol–water partition coefficient (Wildman–Crippen LogP) is 5.72. The molecular weight excluding hydrogens is 332 g/mol. The van der Waals surface area contributed by atoms with E-state index in [4.69, 9.17) is 5.73 Å². The molecule has 0 radical (unpaired) electrons. The summed E-state index contributed by atoms with van der Waals surface area (Å²) in [6.45, 7) is 7.27. The Bertz CT molecular complexity index is 817. The Morgan fingerprint density at radius 3 is 2.42 bits per heavy atom. The van der Waals surface area contributed by atoms with Crippen molar-refractivity contribution in [3.05, 3.63) is 65.3 Å². The quantitative estimate of drug-likeness (QED) is 0.651. The minimum absolute atomic E-state index is 0.107. The zero-order chi connectivity index (χ0) is 17.2. The molecule has 0 aliphatic carbocycles. The van der Waals surface area contributed by atoms with Gasteiger partial charge in [0.1, 0.15) is 5.01 Å². The van der Waals surface area contributed by atoms with Gasteiger partial charge in [0.25, 0.3) is 0 Å². The van der Waals surface area contributed by atoms with Crippen LogP contribution in [0.5, 0.6) is 0 Å². The summed E-state index contributed by atoms with van der Waals surface area (Å²) in [4.78, 5) is 5.60. The molecule has 0 saturated carbocycles. The van der Waals surface area contributed by atoms with Gasteiger partial charge in [-0.3, -0.25) is 0 Å². The molecule has 0 aliphatic heterocycles. The lowest BCUT2D eigenvalue weighted by atomic mass is 9.85. The highest BCUT2D eigenvalue weighted by molar-refractivity contribution is 8.01. The number of aromatic nitrogens is 1. The Morgan fingerprint density at radius 1 is 1.04 bits per heavy atom. The van der Waals surface area contributed by atoms with Gasteiger partial charge in [0, 0.05) is 11.4 Å². The van der Waals surface area contributed by atoms with Gasteiger partial charge in [-0.25, -0.2) is 4.98 Å². The van der Waals surface area contributed by atoms with Gasteiger partial charge in [-0.2, -0.15) is 0 Å². The molecule has 1 heterocycles. The van der Waals surface area contributed by atoms with Gasteiger partial charge in [0.05, 0.1) is 10.4 Å². The second-order valence-electron chi connectivity index (χ2n) is 6.74. The molecule has 1 aromatic heterocycles. The molecular formula is C20H22N2S2. The van der Waals surface area contributed by atoms with Crippen LogP contribution < -0.4 is 5.73 Å². The first-order valence-electron chi connectivity index (χ1n) is 7.99. The summed E-state index contributed by atoms with van der Waals surface area (Å²) in [6.07, 6.45) is 1.92. The van der Waals surface area contributed by atoms with Crippen molar-refractivity contribution in [3.63, 3.8) is 0 Å². The minimum atomic E-state index is 0.107. The summed E-state index contributed by atoms with van der Waals surface area (Å²) >= 11 is 3.43. The Hall–Kier alpha value is -1.62. The average molecular weight is 355 g/mol. The number of hydrogen-bond donors (Lipinski definition) is 1. The summed E-state index contributed by atoms with van der Waals surface area (Å²) in [7, 11) is 0. The predicted molar refractivity (Wildman–Crippen MR) is 105 cm³/mol. The van der Waals surface area contributed by atoms with Gasteiger partial charge in [-0.15, -0.1) is 11.3 Å². The summed E-state index contributed by atoms with van der Waals surface area (Å²) in [6, 6.07) is 17.4. The lowest BCUT2D eigenvalue weighted by Crippen LogP contribution is -2.11. The molecule has 0 atom stereocenters. The van der Waals surface area contributed by atoms with Gasteiger partial charge in [-0.05, 0) is 34.2 Å². The van der Waals surface area contributed by atoms with Crippen LogP contribution >= 0.6 is 23.1 Å². The smallest absolute Gasteiger partial charge is 0.107 e. The van der Waals surface area contributed by atoms with E-state index in [9.17, 15) is 0 Å². The molecule has 24 heavy (non-hydrogen) atoms. The van der Waals surface area contributed by atoms with Crippen molar-refractivity contribution in [3.8, 4) is 11.1 Å². The van der Waals surface area contributed by atoms with Crippen molar-refractivity contribution in [1.82, 2.24) is 4.98 Å². The van der Waals surface area contributed by atoms with E-state index in [2.05, 4.69) is 74.3 Å². The highest BCUT2D eigenvalue weighted by Crippen LogP contribution is 2.37. The number of hydrogen-bond acceptors (Lipinski definition) is 4. The first kappa shape index (κ1) is 17.2. The van der Waals surface area contributed by atoms with Gasteiger partial charge < -0.3 is 5.73 Å². The maximum Gasteiger partial charge on any atom is 0.107 e. The molecule has 2 aromatic carbocycles. The van der Waals surface area contributed by atoms with Gasteiger partial charge in [-0.1, -0.05) is 68.9 Å². The summed E-state index contributed by atoms with van der Waals surface area (Å²) in [5, 5.41) is 0.979. The summed E-state index contributed by atoms with van der Waals surface area (Å²) in [5.41, 5.74) is 9.63. The molecule has 0 bridgehead atoms. The molecule has 0 amide bonds. The normalized spacial score (nSPS) is 11.7. The standard InChI is InChI=1S/C20H22N2S2/c1-20(2,3)16-9-15(14-7-5-4-6-8-14)10-17(11-16)23-19-13-22-18(12-21)24-19/h4-11,13H,12,21H2,1-3H3. The highest BCUT2D eigenvalue weighted by Gasteiger charge is 2.16. The fraction of sp³-hybridized carbons (Fsp3) is 0.250. The average Bonchev–Trinajstić information content (AvgIpc) is 3.02. The lowest BCUT2D eigenvalue weighted by Gasteiger charge is -2.21. The number of rotatable bonds is 4. The van der Waals surface area contributed by atoms with Crippen molar-refractivity contribution >= 4 is 23.1 Å². The van der Waals surface area contributed by atoms with E-state index in [-0.39, 0.29) is 5.41 Å². The van der Waals surface area contributed by atoms with E-state index >= 15 is 0 Å². The Morgan fingerprint density at radius 2 is 1.79 bits per heavy atom. The Balaban J connectivity index is 2.01. The minimum Gasteiger partial charge on any atom is -0.325 e. The van der Waals surface area contributed by atoms with Crippen LogP contribution in [0.2, 0.25) is 0 Å². The van der Waals surface area contributed by atoms with Crippen LogP contribution in [0.3, 0.4) is 0 Å². The third-order valence-electron chi connectivity index (χ3n) is 3.81. The monoisotopic (exact) mass is 354 g/mol. The zero-order valence-corrected chi connectivity index (χ0v) is 15.9. The van der Waals surface area contributed by atoms with Gasteiger partial charge in [0.2, 0.25) is 0 Å². The van der Waals surface area contributed by atoms with Crippen molar-refractivity contribution in [1.29, 1.82) is 0 Å². The van der Waals surface area contributed by atoms with Crippen LogP contribution in [-0.4, -0.2) is 4.98 Å². The topological polar surface area (TPSA) is 38.9 Å². The summed E-state index contributed by atoms with van der Waals surface area (Å²) in [5.74, 6) is 0. The van der Waals surface area contributed by atoms with Crippen LogP contribution in [0.25, 0.3) is 11.1 Å². The van der Waals surface area contributed by atoms with Crippen molar-refractivity contribution in [2.45, 2.75) is 41.8 Å². The van der Waals surface area contributed by atoms with E-state index in [1.807, 2.05) is 6.20 Å². The number of benzene rings is 2. The molecule has 4 heteroatoms. The van der Waals surface area contributed by atoms with E-state index < -0.39 is 0 Å². The molecule has 0 fully saturated rings. The van der Waals surface area contributed by atoms with Crippen molar-refractivity contribution in [2.75, 3.05) is 0 Å². The molecule has 0 spiro atoms. The van der Waals surface area contributed by atoms with E-state index in [0.29, 0.717) is 6.54 Å². The number of thiazole rings is 1. The van der Waals surface area contributed by atoms with Crippen LogP contribution in [-0.2, 0) is 12.0 Å². The molecule has 0 saturated heterocycles. The van der Waals surface area contributed by atoms with Crippen molar-refractivity contribution < 1.29 is 0 Å². The summed E-state index contributed by atoms with van der Waals surface area (Å²) < 4.78 is 1.18. The zero-order valence-electron chi connectivity index (χ0n) is 14.2. The van der Waals surface area contributed by atoms with E-state index in [1.54, 1.807) is 23.1 Å². The highest BCUT2D eigenvalue weighted by atomic mass is 32.2. The van der Waals surface area contributed by atoms with Crippen molar-refractivity contribution in [2.24, 2.45) is 5.73 Å². The van der Waals surface area contributed by atoms with Crippen LogP contribution in [0.4, 0.5) is 0 Å². The van der Waals surface area contributed by atoms with Crippen LogP contribution in [0.15, 0.2) is 63.8 Å². The molecule has 3 aromatic rings. The SMILES string of the molecule is CC(C)(C)c1cc(Sc2cnc(CN)s2)cc(-c2ccccc2)c1. The first-order chi connectivity index (χ1) is 11.5. The molecule has 2 nitrogen and oxygen atoms in total. The molecule has 0 unspecified atom stereocenters. The third-order valence-corrected chi connectivity index (χ3v) is 5.90. The molecule has 3 rings (SSSR count). The molecule has 0 aliphatic rings. The van der Waals surface area contributed by atoms with Gasteiger partial charge in [0.15, 0.2) is 0 Å².